The van der Waals surface area contributed by atoms with Gasteiger partial charge in [-0.3, -0.25) is 14.4 Å². The first-order valence-electron chi connectivity index (χ1n) is 7.99. The number of carbonyl (C=O) groups is 3. The minimum atomic E-state index is -0.450. The van der Waals surface area contributed by atoms with Crippen LogP contribution in [-0.4, -0.2) is 60.4 Å². The lowest BCUT2D eigenvalue weighted by atomic mass is 10.1. The molecular formula is C17H21FN2O4. The maximum Gasteiger partial charge on any atom is 0.306 e. The van der Waals surface area contributed by atoms with Crippen LogP contribution in [0.1, 0.15) is 30.1 Å². The van der Waals surface area contributed by atoms with Gasteiger partial charge in [0.2, 0.25) is 5.91 Å². The molecule has 1 aromatic rings. The minimum absolute atomic E-state index is 0.0646. The van der Waals surface area contributed by atoms with Crippen LogP contribution in [-0.2, 0) is 14.3 Å². The van der Waals surface area contributed by atoms with Crippen LogP contribution in [0.15, 0.2) is 24.3 Å². The van der Waals surface area contributed by atoms with E-state index < -0.39 is 5.82 Å². The largest absolute Gasteiger partial charge is 0.466 e. The molecule has 1 aliphatic heterocycles. The number of hydrogen-bond acceptors (Lipinski definition) is 4. The van der Waals surface area contributed by atoms with Crippen LogP contribution in [0, 0.1) is 5.82 Å². The SMILES string of the molecule is CCOC(=O)CCC(=O)N1CCN(C(=O)c2cccc(F)c2)CC1. The van der Waals surface area contributed by atoms with Gasteiger partial charge in [-0.1, -0.05) is 6.07 Å². The predicted octanol–water partition coefficient (Wildman–Crippen LogP) is 1.45. The first-order chi connectivity index (χ1) is 11.5. The average molecular weight is 336 g/mol. The number of benzene rings is 1. The first kappa shape index (κ1) is 17.9. The second kappa shape index (κ2) is 8.42. The maximum absolute atomic E-state index is 13.2. The van der Waals surface area contributed by atoms with Gasteiger partial charge in [0.05, 0.1) is 13.0 Å². The van der Waals surface area contributed by atoms with E-state index in [4.69, 9.17) is 4.74 Å². The highest BCUT2D eigenvalue weighted by atomic mass is 19.1. The van der Waals surface area contributed by atoms with Gasteiger partial charge in [-0.25, -0.2) is 4.39 Å². The van der Waals surface area contributed by atoms with Crippen molar-refractivity contribution >= 4 is 17.8 Å². The molecule has 0 atom stereocenters. The van der Waals surface area contributed by atoms with Crippen molar-refractivity contribution in [1.29, 1.82) is 0 Å². The Hall–Kier alpha value is -2.44. The molecule has 0 aromatic heterocycles. The number of amides is 2. The third-order valence-corrected chi connectivity index (χ3v) is 3.84. The van der Waals surface area contributed by atoms with E-state index in [2.05, 4.69) is 0 Å². The van der Waals surface area contributed by atoms with Crippen LogP contribution in [0.4, 0.5) is 4.39 Å². The van der Waals surface area contributed by atoms with Crippen molar-refractivity contribution in [3.63, 3.8) is 0 Å². The molecule has 1 fully saturated rings. The Kier molecular flexibility index (Phi) is 6.28. The van der Waals surface area contributed by atoms with Gasteiger partial charge < -0.3 is 14.5 Å². The molecule has 1 saturated heterocycles. The van der Waals surface area contributed by atoms with E-state index in [9.17, 15) is 18.8 Å². The van der Waals surface area contributed by atoms with E-state index in [1.165, 1.54) is 18.2 Å². The molecule has 24 heavy (non-hydrogen) atoms. The van der Waals surface area contributed by atoms with Gasteiger partial charge in [0.1, 0.15) is 5.82 Å². The molecule has 1 heterocycles. The van der Waals surface area contributed by atoms with Crippen molar-refractivity contribution in [1.82, 2.24) is 9.80 Å². The van der Waals surface area contributed by atoms with Crippen molar-refractivity contribution in [2.24, 2.45) is 0 Å². The fourth-order valence-corrected chi connectivity index (χ4v) is 2.56. The zero-order chi connectivity index (χ0) is 17.5. The number of rotatable bonds is 5. The number of halogens is 1. The average Bonchev–Trinajstić information content (AvgIpc) is 2.59. The normalized spacial score (nSPS) is 14.4. The maximum atomic E-state index is 13.2. The lowest BCUT2D eigenvalue weighted by Gasteiger charge is -2.34. The van der Waals surface area contributed by atoms with Gasteiger partial charge in [-0.05, 0) is 25.1 Å². The van der Waals surface area contributed by atoms with Crippen molar-refractivity contribution < 1.29 is 23.5 Å². The molecule has 2 rings (SSSR count). The summed E-state index contributed by atoms with van der Waals surface area (Å²) >= 11 is 0. The Morgan fingerprint density at radius 1 is 1.08 bits per heavy atom. The number of ether oxygens (including phenoxy) is 1. The molecule has 2 amide bonds. The van der Waals surface area contributed by atoms with Crippen LogP contribution in [0.25, 0.3) is 0 Å². The summed E-state index contributed by atoms with van der Waals surface area (Å²) in [4.78, 5) is 38.9. The van der Waals surface area contributed by atoms with Crippen LogP contribution >= 0.6 is 0 Å². The molecule has 1 aliphatic rings. The second-order valence-electron chi connectivity index (χ2n) is 5.49. The molecule has 7 heteroatoms. The molecule has 0 unspecified atom stereocenters. The number of carbonyl (C=O) groups excluding carboxylic acids is 3. The van der Waals surface area contributed by atoms with Gasteiger partial charge in [0.25, 0.3) is 5.91 Å². The van der Waals surface area contributed by atoms with E-state index in [-0.39, 0.29) is 30.6 Å². The Morgan fingerprint density at radius 3 is 2.38 bits per heavy atom. The molecule has 6 nitrogen and oxygen atoms in total. The topological polar surface area (TPSA) is 66.9 Å². The third-order valence-electron chi connectivity index (χ3n) is 3.84. The lowest BCUT2D eigenvalue weighted by molar-refractivity contribution is -0.146. The molecule has 130 valence electrons. The number of esters is 1. The highest BCUT2D eigenvalue weighted by molar-refractivity contribution is 5.94. The summed E-state index contributed by atoms with van der Waals surface area (Å²) in [6, 6.07) is 5.57. The second-order valence-corrected chi connectivity index (χ2v) is 5.49. The van der Waals surface area contributed by atoms with Crippen LogP contribution < -0.4 is 0 Å². The Bertz CT molecular complexity index is 612. The van der Waals surface area contributed by atoms with E-state index in [1.807, 2.05) is 0 Å². The summed E-state index contributed by atoms with van der Waals surface area (Å²) < 4.78 is 18.0. The van der Waals surface area contributed by atoms with Crippen molar-refractivity contribution in [2.45, 2.75) is 19.8 Å². The molecule has 0 saturated carbocycles. The monoisotopic (exact) mass is 336 g/mol. The van der Waals surface area contributed by atoms with E-state index in [0.29, 0.717) is 38.3 Å². The molecule has 0 spiro atoms. The number of hydrogen-bond donors (Lipinski definition) is 0. The summed E-state index contributed by atoms with van der Waals surface area (Å²) in [5, 5.41) is 0. The first-order valence-corrected chi connectivity index (χ1v) is 7.99. The van der Waals surface area contributed by atoms with E-state index in [0.717, 1.165) is 0 Å². The summed E-state index contributed by atoms with van der Waals surface area (Å²) in [6.45, 7) is 3.61. The third kappa shape index (κ3) is 4.78. The van der Waals surface area contributed by atoms with Crippen LogP contribution in [0.5, 0.6) is 0 Å². The highest BCUT2D eigenvalue weighted by Gasteiger charge is 2.25. The van der Waals surface area contributed by atoms with Gasteiger partial charge in [-0.15, -0.1) is 0 Å². The molecular weight excluding hydrogens is 315 g/mol. The van der Waals surface area contributed by atoms with E-state index >= 15 is 0 Å². The quantitative estimate of drug-likeness (QED) is 0.764. The fourth-order valence-electron chi connectivity index (χ4n) is 2.56. The van der Waals surface area contributed by atoms with Gasteiger partial charge in [0.15, 0.2) is 0 Å². The summed E-state index contributed by atoms with van der Waals surface area (Å²) in [7, 11) is 0. The molecule has 0 radical (unpaired) electrons. The Morgan fingerprint density at radius 2 is 1.75 bits per heavy atom. The van der Waals surface area contributed by atoms with Gasteiger partial charge in [0, 0.05) is 38.2 Å². The summed E-state index contributed by atoms with van der Waals surface area (Å²) in [6.07, 6.45) is 0.172. The predicted molar refractivity (Wildman–Crippen MR) is 84.8 cm³/mol. The summed E-state index contributed by atoms with van der Waals surface area (Å²) in [5.74, 6) is -1.20. The zero-order valence-corrected chi connectivity index (χ0v) is 13.7. The molecule has 0 N–H and O–H groups in total. The van der Waals surface area contributed by atoms with Crippen LogP contribution in [0.2, 0.25) is 0 Å². The molecule has 0 bridgehead atoms. The van der Waals surface area contributed by atoms with Crippen LogP contribution in [0.3, 0.4) is 0 Å². The van der Waals surface area contributed by atoms with Crippen molar-refractivity contribution in [3.8, 4) is 0 Å². The molecule has 0 aliphatic carbocycles. The highest BCUT2D eigenvalue weighted by Crippen LogP contribution is 2.11. The fraction of sp³-hybridized carbons (Fsp3) is 0.471. The lowest BCUT2D eigenvalue weighted by Crippen LogP contribution is -2.50. The molecule has 1 aromatic carbocycles. The number of nitrogens with zero attached hydrogens (tertiary/aromatic N) is 2. The van der Waals surface area contributed by atoms with Crippen molar-refractivity contribution in [2.75, 3.05) is 32.8 Å². The van der Waals surface area contributed by atoms with Gasteiger partial charge >= 0.3 is 5.97 Å². The van der Waals surface area contributed by atoms with Crippen molar-refractivity contribution in [3.05, 3.63) is 35.6 Å². The van der Waals surface area contributed by atoms with E-state index in [1.54, 1.807) is 22.8 Å². The Balaban J connectivity index is 1.81. The standard InChI is InChI=1S/C17H21FN2O4/c1-2-24-16(22)7-6-15(21)19-8-10-20(11-9-19)17(23)13-4-3-5-14(18)12-13/h3-5,12H,2,6-11H2,1H3. The zero-order valence-electron chi connectivity index (χ0n) is 13.7. The smallest absolute Gasteiger partial charge is 0.306 e. The van der Waals surface area contributed by atoms with Gasteiger partial charge in [-0.2, -0.15) is 0 Å². The minimum Gasteiger partial charge on any atom is -0.466 e. The Labute approximate surface area is 140 Å². The summed E-state index contributed by atoms with van der Waals surface area (Å²) in [5.41, 5.74) is 0.303. The number of piperazine rings is 1.